The second-order valence-corrected chi connectivity index (χ2v) is 8.87. The molecule has 0 aliphatic heterocycles. The second-order valence-electron chi connectivity index (χ2n) is 8.87. The summed E-state index contributed by atoms with van der Waals surface area (Å²) in [6.45, 7) is 2.49. The quantitative estimate of drug-likeness (QED) is 0.185. The summed E-state index contributed by atoms with van der Waals surface area (Å²) in [5.41, 5.74) is 4.48. The first-order valence-corrected chi connectivity index (χ1v) is 12.4. The maximum Gasteiger partial charge on any atom is 0.337 e. The molecule has 2 aromatic carbocycles. The van der Waals surface area contributed by atoms with Crippen molar-refractivity contribution in [3.63, 3.8) is 0 Å². The van der Waals surface area contributed by atoms with Gasteiger partial charge in [0.1, 0.15) is 11.5 Å². The van der Waals surface area contributed by atoms with Crippen molar-refractivity contribution in [1.29, 1.82) is 0 Å². The number of esters is 1. The van der Waals surface area contributed by atoms with E-state index in [0.717, 1.165) is 29.8 Å². The number of nitrogens with one attached hydrogen (secondary N) is 2. The van der Waals surface area contributed by atoms with Crippen molar-refractivity contribution in [3.8, 4) is 0 Å². The van der Waals surface area contributed by atoms with Gasteiger partial charge in [-0.2, -0.15) is 0 Å². The maximum absolute atomic E-state index is 13.4. The number of unbranched alkanes of at least 4 members (excludes halogenated alkanes) is 1. The number of carbonyl (C=O) groups excluding carboxylic acids is 3. The third-order valence-corrected chi connectivity index (χ3v) is 6.16. The molecule has 0 aliphatic rings. The number of imidazole rings is 1. The zero-order valence-corrected chi connectivity index (χ0v) is 21.3. The van der Waals surface area contributed by atoms with Crippen molar-refractivity contribution in [1.82, 2.24) is 20.3 Å². The topological polar surface area (TPSA) is 123 Å². The summed E-state index contributed by atoms with van der Waals surface area (Å²) in [7, 11) is 1.34. The van der Waals surface area contributed by atoms with Crippen LogP contribution in [-0.2, 0) is 28.9 Å². The summed E-state index contributed by atoms with van der Waals surface area (Å²) in [5.74, 6) is -0.532. The van der Waals surface area contributed by atoms with Crippen LogP contribution in [0.15, 0.2) is 60.8 Å². The van der Waals surface area contributed by atoms with Crippen LogP contribution in [0.5, 0.6) is 0 Å². The molecule has 0 saturated heterocycles. The number of carbonyl (C=O) groups is 3. The summed E-state index contributed by atoms with van der Waals surface area (Å²) >= 11 is 0. The number of aromatic nitrogens is 2. The van der Waals surface area contributed by atoms with E-state index >= 15 is 0 Å². The molecule has 3 rings (SSSR count). The van der Waals surface area contributed by atoms with Gasteiger partial charge in [0.05, 0.1) is 18.9 Å². The zero-order valence-electron chi connectivity index (χ0n) is 21.3. The number of hydrogen-bond donors (Lipinski definition) is 3. The number of nitrogens with zero attached hydrogens (tertiary/aromatic N) is 2. The fraction of sp³-hybridized carbons (Fsp3) is 0.357. The highest BCUT2D eigenvalue weighted by atomic mass is 16.5. The molecule has 0 aliphatic carbocycles. The number of rotatable bonds is 13. The standard InChI is InChI=1S/C28H34N4O5/c1-3-4-10-25-29-18-24(32(25)19-21-11-14-22(15-12-21)28(35)37-2)27(34)30-23(17-26(33)31-36)16-13-20-8-6-5-7-9-20/h5-9,11-12,14-15,18,23,36H,3-4,10,13,16-17,19H2,1-2H3,(H,30,34)(H,31,33). The molecule has 37 heavy (non-hydrogen) atoms. The first-order valence-electron chi connectivity index (χ1n) is 12.4. The zero-order chi connectivity index (χ0) is 26.6. The van der Waals surface area contributed by atoms with Gasteiger partial charge in [0.25, 0.3) is 5.91 Å². The van der Waals surface area contributed by atoms with Crippen molar-refractivity contribution in [3.05, 3.63) is 89.0 Å². The summed E-state index contributed by atoms with van der Waals surface area (Å²) in [5, 5.41) is 12.0. The van der Waals surface area contributed by atoms with Crippen molar-refractivity contribution < 1.29 is 24.3 Å². The molecule has 0 fully saturated rings. The Morgan fingerprint density at radius 3 is 2.41 bits per heavy atom. The summed E-state index contributed by atoms with van der Waals surface area (Å²) < 4.78 is 6.64. The normalized spacial score (nSPS) is 11.5. The molecule has 3 N–H and O–H groups in total. The van der Waals surface area contributed by atoms with Gasteiger partial charge in [-0.1, -0.05) is 55.8 Å². The summed E-state index contributed by atoms with van der Waals surface area (Å²) in [4.78, 5) is 41.6. The van der Waals surface area contributed by atoms with Crippen molar-refractivity contribution in [2.75, 3.05) is 7.11 Å². The van der Waals surface area contributed by atoms with E-state index in [9.17, 15) is 14.4 Å². The minimum Gasteiger partial charge on any atom is -0.465 e. The number of hydroxylamine groups is 1. The first kappa shape index (κ1) is 27.6. The Morgan fingerprint density at radius 2 is 1.76 bits per heavy atom. The largest absolute Gasteiger partial charge is 0.465 e. The van der Waals surface area contributed by atoms with Gasteiger partial charge in [-0.3, -0.25) is 14.8 Å². The molecule has 1 heterocycles. The third kappa shape index (κ3) is 8.01. The van der Waals surface area contributed by atoms with Gasteiger partial charge in [0.2, 0.25) is 5.91 Å². The van der Waals surface area contributed by atoms with E-state index in [4.69, 9.17) is 9.94 Å². The van der Waals surface area contributed by atoms with E-state index in [1.807, 2.05) is 47.0 Å². The lowest BCUT2D eigenvalue weighted by Gasteiger charge is -2.19. The monoisotopic (exact) mass is 506 g/mol. The average molecular weight is 507 g/mol. The highest BCUT2D eigenvalue weighted by Gasteiger charge is 2.22. The van der Waals surface area contributed by atoms with Gasteiger partial charge < -0.3 is 14.6 Å². The SMILES string of the molecule is CCCCc1ncc(C(=O)NC(CCc2ccccc2)CC(=O)NO)n1Cc1ccc(C(=O)OC)cc1. The lowest BCUT2D eigenvalue weighted by atomic mass is 10.0. The Morgan fingerprint density at radius 1 is 1.03 bits per heavy atom. The fourth-order valence-corrected chi connectivity index (χ4v) is 4.09. The van der Waals surface area contributed by atoms with E-state index in [0.29, 0.717) is 37.1 Å². The van der Waals surface area contributed by atoms with E-state index in [1.165, 1.54) is 7.11 Å². The van der Waals surface area contributed by atoms with Gasteiger partial charge >= 0.3 is 5.97 Å². The van der Waals surface area contributed by atoms with Crippen LogP contribution in [0.4, 0.5) is 0 Å². The van der Waals surface area contributed by atoms with Crippen molar-refractivity contribution >= 4 is 17.8 Å². The van der Waals surface area contributed by atoms with Crippen LogP contribution < -0.4 is 10.8 Å². The molecule has 0 saturated carbocycles. The smallest absolute Gasteiger partial charge is 0.337 e. The van der Waals surface area contributed by atoms with E-state index in [-0.39, 0.29) is 12.3 Å². The number of methoxy groups -OCH3 is 1. The molecular formula is C28H34N4O5. The van der Waals surface area contributed by atoms with Crippen molar-refractivity contribution in [2.24, 2.45) is 0 Å². The minimum atomic E-state index is -0.568. The van der Waals surface area contributed by atoms with Gasteiger partial charge in [-0.25, -0.2) is 15.3 Å². The van der Waals surface area contributed by atoms with E-state index < -0.39 is 17.9 Å². The molecule has 0 spiro atoms. The lowest BCUT2D eigenvalue weighted by molar-refractivity contribution is -0.129. The summed E-state index contributed by atoms with van der Waals surface area (Å²) in [6.07, 6.45) is 5.32. The fourth-order valence-electron chi connectivity index (χ4n) is 4.09. The van der Waals surface area contributed by atoms with Crippen molar-refractivity contribution in [2.45, 2.75) is 58.0 Å². The van der Waals surface area contributed by atoms with Crippen LogP contribution in [0.25, 0.3) is 0 Å². The van der Waals surface area contributed by atoms with Crippen LogP contribution in [-0.4, -0.2) is 45.7 Å². The Bertz CT molecular complexity index is 1180. The number of aryl methyl sites for hydroxylation is 2. The van der Waals surface area contributed by atoms with Crippen LogP contribution in [0.1, 0.15) is 70.4 Å². The molecule has 3 aromatic rings. The van der Waals surface area contributed by atoms with E-state index in [2.05, 4.69) is 17.2 Å². The van der Waals surface area contributed by atoms with Crippen LogP contribution in [0, 0.1) is 0 Å². The third-order valence-electron chi connectivity index (χ3n) is 6.16. The molecule has 1 unspecified atom stereocenters. The highest BCUT2D eigenvalue weighted by molar-refractivity contribution is 5.93. The Labute approximate surface area is 216 Å². The van der Waals surface area contributed by atoms with Crippen LogP contribution in [0.3, 0.4) is 0 Å². The molecule has 0 radical (unpaired) electrons. The van der Waals surface area contributed by atoms with Crippen LogP contribution in [0.2, 0.25) is 0 Å². The van der Waals surface area contributed by atoms with Gasteiger partial charge in [0, 0.05) is 25.4 Å². The van der Waals surface area contributed by atoms with Gasteiger partial charge in [-0.15, -0.1) is 0 Å². The average Bonchev–Trinajstić information content (AvgIpc) is 3.33. The van der Waals surface area contributed by atoms with Gasteiger partial charge in [0.15, 0.2) is 0 Å². The number of amides is 2. The Hall–Kier alpha value is -3.98. The molecular weight excluding hydrogens is 472 g/mol. The predicted octanol–water partition coefficient (Wildman–Crippen LogP) is 3.69. The molecule has 9 nitrogen and oxygen atoms in total. The predicted molar refractivity (Wildman–Crippen MR) is 138 cm³/mol. The van der Waals surface area contributed by atoms with Crippen LogP contribution >= 0.6 is 0 Å². The molecule has 1 atom stereocenters. The number of hydrogen-bond acceptors (Lipinski definition) is 6. The van der Waals surface area contributed by atoms with E-state index in [1.54, 1.807) is 23.8 Å². The first-order chi connectivity index (χ1) is 17.9. The summed E-state index contributed by atoms with van der Waals surface area (Å²) in [6, 6.07) is 16.3. The Balaban J connectivity index is 1.80. The molecule has 2 amide bonds. The Kier molecular flexibility index (Phi) is 10.4. The van der Waals surface area contributed by atoms with Gasteiger partial charge in [-0.05, 0) is 42.5 Å². The molecule has 0 bridgehead atoms. The molecule has 196 valence electrons. The molecule has 9 heteroatoms. The number of benzene rings is 2. The lowest BCUT2D eigenvalue weighted by Crippen LogP contribution is -2.40. The highest BCUT2D eigenvalue weighted by Crippen LogP contribution is 2.16. The maximum atomic E-state index is 13.4. The minimum absolute atomic E-state index is 0.0547. The molecule has 1 aromatic heterocycles. The second kappa shape index (κ2) is 13.9. The number of ether oxygens (including phenoxy) is 1.